The van der Waals surface area contributed by atoms with E-state index in [0.717, 1.165) is 4.57 Å². The maximum atomic E-state index is 11.9. The molecule has 0 spiro atoms. The summed E-state index contributed by atoms with van der Waals surface area (Å²) in [6.45, 7) is 29.5. The summed E-state index contributed by atoms with van der Waals surface area (Å²) >= 11 is 1.66. The summed E-state index contributed by atoms with van der Waals surface area (Å²) in [7, 11) is -16.6. The van der Waals surface area contributed by atoms with E-state index >= 15 is 0 Å². The Labute approximate surface area is 308 Å². The number of hydrogen-bond donors (Lipinski definition) is 6. The second-order valence-electron chi connectivity index (χ2n) is 10.3. The van der Waals surface area contributed by atoms with Crippen molar-refractivity contribution in [3.8, 4) is 0 Å². The zero-order valence-electron chi connectivity index (χ0n) is 30.5. The zero-order chi connectivity index (χ0) is 39.3. The lowest BCUT2D eigenvalue weighted by atomic mass is 10.2. The van der Waals surface area contributed by atoms with E-state index in [1.807, 2.05) is 4.98 Å². The second-order valence-corrected chi connectivity index (χ2v) is 15.9. The molecule has 2 heterocycles. The highest BCUT2D eigenvalue weighted by Gasteiger charge is 2.43. The van der Waals surface area contributed by atoms with Gasteiger partial charge in [0.15, 0.2) is 0 Å². The van der Waals surface area contributed by atoms with Crippen LogP contribution in [0, 0.1) is 3.57 Å². The third kappa shape index (κ3) is 22.6. The molecular weight excluding hydrogens is 838 g/mol. The molecule has 2 unspecified atom stereocenters. The van der Waals surface area contributed by atoms with Gasteiger partial charge in [0.25, 0.3) is 5.56 Å². The average molecular weight is 898 g/mol. The van der Waals surface area contributed by atoms with Gasteiger partial charge < -0.3 is 44.1 Å². The van der Waals surface area contributed by atoms with E-state index in [9.17, 15) is 33.3 Å². The van der Waals surface area contributed by atoms with Crippen LogP contribution in [0.5, 0.6) is 0 Å². The molecule has 19 nitrogen and oxygen atoms in total. The van der Waals surface area contributed by atoms with Crippen LogP contribution in [0.25, 0.3) is 0 Å². The van der Waals surface area contributed by atoms with E-state index in [2.05, 4.69) is 90.2 Å². The highest BCUT2D eigenvalue weighted by Crippen LogP contribution is 2.66. The van der Waals surface area contributed by atoms with Crippen LogP contribution >= 0.6 is 46.1 Å². The van der Waals surface area contributed by atoms with Crippen molar-refractivity contribution in [3.05, 3.63) is 30.6 Å². The van der Waals surface area contributed by atoms with E-state index in [0.29, 0.717) is 0 Å². The molecule has 1 fully saturated rings. The highest BCUT2D eigenvalue weighted by molar-refractivity contribution is 14.1. The lowest BCUT2D eigenvalue weighted by molar-refractivity contribution is -0.0450. The Hall–Kier alpha value is -0.380. The van der Waals surface area contributed by atoms with E-state index in [1.165, 1.54) is 65.1 Å². The van der Waals surface area contributed by atoms with Crippen LogP contribution in [0.3, 0.4) is 0 Å². The molecular formula is C27H59IN5O14P3. The molecule has 298 valence electrons. The van der Waals surface area contributed by atoms with Crippen LogP contribution in [0.2, 0.25) is 0 Å². The van der Waals surface area contributed by atoms with E-state index in [4.69, 9.17) is 19.4 Å². The molecule has 0 bridgehead atoms. The maximum absolute atomic E-state index is 11.9. The molecule has 0 aromatic carbocycles. The molecule has 1 aromatic heterocycles. The maximum Gasteiger partial charge on any atom is 0.490 e. The molecule has 1 aliphatic heterocycles. The largest absolute Gasteiger partial charge is 0.490 e. The number of rotatable bonds is 17. The molecule has 6 N–H and O–H groups in total. The number of phosphoric acid groups is 3. The Morgan fingerprint density at radius 1 is 0.780 bits per heavy atom. The molecule has 5 atom stereocenters. The summed E-state index contributed by atoms with van der Waals surface area (Å²) in [5, 5.41) is 9.98. The number of phosphoric ester groups is 1. The molecule has 23 heteroatoms. The second kappa shape index (κ2) is 26.4. The molecule has 1 aromatic rings. The predicted molar refractivity (Wildman–Crippen MR) is 199 cm³/mol. The van der Waals surface area contributed by atoms with Crippen molar-refractivity contribution in [2.75, 3.05) is 65.5 Å². The van der Waals surface area contributed by atoms with Gasteiger partial charge in [-0.15, -0.1) is 0 Å². The fourth-order valence-electron chi connectivity index (χ4n) is 4.19. The lowest BCUT2D eigenvalue weighted by Gasteiger charge is -2.19. The van der Waals surface area contributed by atoms with Crippen molar-refractivity contribution < 1.29 is 56.3 Å². The third-order valence-corrected chi connectivity index (χ3v) is 11.9. The summed E-state index contributed by atoms with van der Waals surface area (Å²) in [4.78, 5) is 67.7. The number of aliphatic hydroxyl groups excluding tert-OH is 1. The van der Waals surface area contributed by atoms with Crippen LogP contribution in [0.15, 0.2) is 15.8 Å². The number of aromatic amines is 1. The first-order valence-electron chi connectivity index (χ1n) is 16.4. The molecule has 1 saturated heterocycles. The van der Waals surface area contributed by atoms with E-state index < -0.39 is 59.8 Å². The van der Waals surface area contributed by atoms with E-state index in [-0.39, 0.29) is 9.99 Å². The number of aromatic nitrogens is 2. The van der Waals surface area contributed by atoms with Gasteiger partial charge in [-0.1, -0.05) is 62.3 Å². The minimum atomic E-state index is -5.67. The summed E-state index contributed by atoms with van der Waals surface area (Å²) < 4.78 is 51.4. The van der Waals surface area contributed by atoms with Crippen molar-refractivity contribution in [1.82, 2.24) is 24.3 Å². The quantitative estimate of drug-likeness (QED) is 0.0970. The minimum absolute atomic E-state index is 0.150. The smallest absolute Gasteiger partial charge is 0.390 e. The van der Waals surface area contributed by atoms with Crippen LogP contribution in [0.4, 0.5) is 0 Å². The number of hydrogen-bond acceptors (Lipinski definition) is 13. The van der Waals surface area contributed by atoms with Gasteiger partial charge in [-0.05, 0) is 81.5 Å². The van der Waals surface area contributed by atoms with Crippen molar-refractivity contribution in [2.24, 2.45) is 0 Å². The Morgan fingerprint density at radius 3 is 1.52 bits per heavy atom. The van der Waals surface area contributed by atoms with Crippen molar-refractivity contribution in [3.63, 3.8) is 0 Å². The monoisotopic (exact) mass is 897 g/mol. The molecule has 50 heavy (non-hydrogen) atoms. The third-order valence-electron chi connectivity index (χ3n) is 7.28. The summed E-state index contributed by atoms with van der Waals surface area (Å²) in [5.74, 6) is 0. The number of nitrogens with one attached hydrogen (secondary N) is 1. The van der Waals surface area contributed by atoms with Crippen LogP contribution in [0.1, 0.15) is 75.0 Å². The van der Waals surface area contributed by atoms with Crippen LogP contribution in [-0.4, -0.2) is 127 Å². The first-order valence-corrected chi connectivity index (χ1v) is 22.0. The van der Waals surface area contributed by atoms with Crippen molar-refractivity contribution in [1.29, 1.82) is 0 Å². The van der Waals surface area contributed by atoms with E-state index in [1.54, 1.807) is 22.6 Å². The Morgan fingerprint density at radius 2 is 1.18 bits per heavy atom. The number of halogens is 1. The molecule has 0 radical (unpaired) electrons. The summed E-state index contributed by atoms with van der Waals surface area (Å²) in [6.07, 6.45) is -2.70. The molecule has 1 aliphatic rings. The van der Waals surface area contributed by atoms with Crippen LogP contribution in [-0.2, 0) is 31.6 Å². The normalized spacial score (nSPS) is 19.8. The fourth-order valence-corrected chi connectivity index (χ4v) is 7.66. The van der Waals surface area contributed by atoms with Gasteiger partial charge in [0.2, 0.25) is 0 Å². The Bertz CT molecular complexity index is 1280. The standard InChI is InChI=1S/C9H14IN2O14P3.3C6H15N/c10-4-2-12(9(15)11-8(4)14)7-1-5(13)6(24-7)3-23-28(19,20)26-29(21,22)25-27(16,17)18;3*1-4-7(5-2)6-3/h2,5-7,13H,1,3H2,(H,19,20)(H,21,22)(H,11,14,15)(H2,16,17,18);3*4-6H2,1-3H3/t5-,6+,7+;;;/m0.../s1. The molecule has 0 saturated carbocycles. The average Bonchev–Trinajstić information content (AvgIpc) is 3.39. The molecule has 2 rings (SSSR count). The van der Waals surface area contributed by atoms with Gasteiger partial charge >= 0.3 is 29.2 Å². The zero-order valence-corrected chi connectivity index (χ0v) is 35.3. The van der Waals surface area contributed by atoms with Gasteiger partial charge in [0.05, 0.1) is 16.3 Å². The first kappa shape index (κ1) is 51.7. The number of H-pyrrole nitrogens is 1. The van der Waals surface area contributed by atoms with Gasteiger partial charge in [0.1, 0.15) is 12.3 Å². The Kier molecular flexibility index (Phi) is 27.3. The van der Waals surface area contributed by atoms with Gasteiger partial charge in [-0.25, -0.2) is 18.5 Å². The van der Waals surface area contributed by atoms with Crippen LogP contribution < -0.4 is 11.2 Å². The Balaban J connectivity index is 0. The summed E-state index contributed by atoms with van der Waals surface area (Å²) in [5.41, 5.74) is -1.46. The molecule has 0 amide bonds. The summed E-state index contributed by atoms with van der Waals surface area (Å²) in [6, 6.07) is 0. The molecule has 0 aliphatic carbocycles. The predicted octanol–water partition coefficient (Wildman–Crippen LogP) is 3.18. The van der Waals surface area contributed by atoms with Gasteiger partial charge in [0, 0.05) is 12.6 Å². The lowest BCUT2D eigenvalue weighted by Crippen LogP contribution is -2.33. The number of ether oxygens (including phenoxy) is 1. The highest BCUT2D eigenvalue weighted by atomic mass is 127. The van der Waals surface area contributed by atoms with Gasteiger partial charge in [-0.3, -0.25) is 18.9 Å². The SMILES string of the molecule is CCN(CC)CC.CCN(CC)CC.CCN(CC)CC.O=c1[nH]c(=O)n([C@H]2C[C@H](O)[C@@H](COP(=O)(O)OP(=O)(O)OP(=O)(O)O)O2)cc1I. The van der Waals surface area contributed by atoms with Gasteiger partial charge in [-0.2, -0.15) is 8.62 Å². The fraction of sp³-hybridized carbons (Fsp3) is 0.852. The number of aliphatic hydroxyl groups is 1. The van der Waals surface area contributed by atoms with Crippen molar-refractivity contribution >= 4 is 46.1 Å². The minimum Gasteiger partial charge on any atom is -0.390 e. The van der Waals surface area contributed by atoms with Crippen molar-refractivity contribution in [2.45, 2.75) is 87.2 Å². The number of nitrogens with zero attached hydrogens (tertiary/aromatic N) is 4. The topological polar surface area (TPSA) is 254 Å². The first-order chi connectivity index (χ1) is 23.1.